The van der Waals surface area contributed by atoms with Gasteiger partial charge in [-0.05, 0) is 25.1 Å². The summed E-state index contributed by atoms with van der Waals surface area (Å²) < 4.78 is 16.4. The molecule has 2 aromatic heterocycles. The first kappa shape index (κ1) is 19.4. The number of benzene rings is 1. The van der Waals surface area contributed by atoms with Crippen molar-refractivity contribution in [1.29, 1.82) is 0 Å². The Morgan fingerprint density at radius 1 is 1.24 bits per heavy atom. The summed E-state index contributed by atoms with van der Waals surface area (Å²) in [4.78, 5) is 18.7. The van der Waals surface area contributed by atoms with E-state index in [0.717, 1.165) is 55.8 Å². The highest BCUT2D eigenvalue weighted by Crippen LogP contribution is 2.25. The minimum atomic E-state index is -0.238. The maximum absolute atomic E-state index is 12.2. The molecule has 152 valence electrons. The second-order valence-corrected chi connectivity index (χ2v) is 6.88. The van der Waals surface area contributed by atoms with Crippen LogP contribution in [0.2, 0.25) is 0 Å². The molecule has 0 saturated carbocycles. The zero-order chi connectivity index (χ0) is 19.9. The predicted octanol–water partition coefficient (Wildman–Crippen LogP) is 2.25. The summed E-state index contributed by atoms with van der Waals surface area (Å²) in [5.74, 6) is 0.989. The van der Waals surface area contributed by atoms with Gasteiger partial charge in [-0.25, -0.2) is 0 Å². The van der Waals surface area contributed by atoms with E-state index < -0.39 is 0 Å². The smallest absolute Gasteiger partial charge is 0.273 e. The van der Waals surface area contributed by atoms with Crippen molar-refractivity contribution >= 4 is 16.7 Å². The van der Waals surface area contributed by atoms with E-state index in [1.807, 2.05) is 24.3 Å². The van der Waals surface area contributed by atoms with Gasteiger partial charge in [0.15, 0.2) is 11.5 Å². The Bertz CT molecular complexity index is 947. The van der Waals surface area contributed by atoms with Gasteiger partial charge >= 0.3 is 0 Å². The number of hydrogen-bond acceptors (Lipinski definition) is 7. The van der Waals surface area contributed by atoms with Crippen molar-refractivity contribution in [3.63, 3.8) is 0 Å². The number of ether oxygens (including phenoxy) is 2. The van der Waals surface area contributed by atoms with Gasteiger partial charge in [0.2, 0.25) is 0 Å². The molecule has 4 rings (SSSR count). The van der Waals surface area contributed by atoms with Crippen molar-refractivity contribution in [3.05, 3.63) is 54.2 Å². The Kier molecular flexibility index (Phi) is 6.33. The topological polar surface area (TPSA) is 89.7 Å². The van der Waals surface area contributed by atoms with Gasteiger partial charge < -0.3 is 19.3 Å². The molecule has 0 atom stereocenters. The number of nitrogens with zero attached hydrogens (tertiary/aromatic N) is 3. The third kappa shape index (κ3) is 5.10. The van der Waals surface area contributed by atoms with Gasteiger partial charge in [-0.1, -0.05) is 17.3 Å². The SMILES string of the molecule is O=C(NCCCN1CCOCC1)c1cc(COc2cccc3cnccc23)on1. The number of morpholine rings is 1. The molecule has 0 bridgehead atoms. The Morgan fingerprint density at radius 2 is 2.14 bits per heavy atom. The van der Waals surface area contributed by atoms with Crippen LogP contribution in [-0.4, -0.2) is 60.3 Å². The molecule has 0 radical (unpaired) electrons. The number of fused-ring (bicyclic) bond motifs is 1. The fraction of sp³-hybridized carbons (Fsp3) is 0.381. The molecular formula is C21H24N4O4. The van der Waals surface area contributed by atoms with E-state index in [4.69, 9.17) is 14.0 Å². The first-order valence-electron chi connectivity index (χ1n) is 9.79. The Morgan fingerprint density at radius 3 is 3.03 bits per heavy atom. The molecule has 1 aliphatic rings. The summed E-state index contributed by atoms with van der Waals surface area (Å²) in [6.45, 7) is 5.21. The number of pyridine rings is 1. The summed E-state index contributed by atoms with van der Waals surface area (Å²) in [6, 6.07) is 9.30. The summed E-state index contributed by atoms with van der Waals surface area (Å²) in [6.07, 6.45) is 4.40. The largest absolute Gasteiger partial charge is 0.485 e. The van der Waals surface area contributed by atoms with E-state index in [1.54, 1.807) is 18.5 Å². The van der Waals surface area contributed by atoms with Crippen LogP contribution in [0.15, 0.2) is 47.2 Å². The molecule has 1 fully saturated rings. The van der Waals surface area contributed by atoms with Gasteiger partial charge in [0.1, 0.15) is 12.4 Å². The van der Waals surface area contributed by atoms with E-state index in [1.165, 1.54) is 0 Å². The highest BCUT2D eigenvalue weighted by atomic mass is 16.5. The molecule has 29 heavy (non-hydrogen) atoms. The highest BCUT2D eigenvalue weighted by molar-refractivity contribution is 5.92. The molecule has 0 aliphatic carbocycles. The fourth-order valence-corrected chi connectivity index (χ4v) is 3.28. The highest BCUT2D eigenvalue weighted by Gasteiger charge is 2.14. The molecule has 1 N–H and O–H groups in total. The van der Waals surface area contributed by atoms with Crippen LogP contribution in [0.25, 0.3) is 10.8 Å². The third-order valence-electron chi connectivity index (χ3n) is 4.84. The van der Waals surface area contributed by atoms with E-state index >= 15 is 0 Å². The lowest BCUT2D eigenvalue weighted by atomic mass is 10.1. The molecule has 1 aromatic carbocycles. The first-order chi connectivity index (χ1) is 14.3. The van der Waals surface area contributed by atoms with Gasteiger partial charge in [-0.3, -0.25) is 14.7 Å². The van der Waals surface area contributed by atoms with E-state index in [-0.39, 0.29) is 18.2 Å². The average molecular weight is 396 g/mol. The van der Waals surface area contributed by atoms with Crippen molar-refractivity contribution in [2.24, 2.45) is 0 Å². The summed E-state index contributed by atoms with van der Waals surface area (Å²) >= 11 is 0. The molecule has 8 nitrogen and oxygen atoms in total. The number of carbonyl (C=O) groups is 1. The molecule has 8 heteroatoms. The summed E-state index contributed by atoms with van der Waals surface area (Å²) in [5.41, 5.74) is 0.261. The standard InChI is InChI=1S/C21H24N4O4/c26-21(23-6-2-8-25-9-11-27-12-10-25)19-13-17(29-24-19)15-28-20-4-1-3-16-14-22-7-5-18(16)20/h1,3-5,7,13-14H,2,6,8-12,15H2,(H,23,26). The summed E-state index contributed by atoms with van der Waals surface area (Å²) in [5, 5.41) is 8.71. The Balaban J connectivity index is 1.25. The van der Waals surface area contributed by atoms with Gasteiger partial charge in [-0.15, -0.1) is 0 Å². The van der Waals surface area contributed by atoms with Crippen molar-refractivity contribution < 1.29 is 18.8 Å². The lowest BCUT2D eigenvalue weighted by Crippen LogP contribution is -2.38. The quantitative estimate of drug-likeness (QED) is 0.584. The zero-order valence-electron chi connectivity index (χ0n) is 16.2. The fourth-order valence-electron chi connectivity index (χ4n) is 3.28. The lowest BCUT2D eigenvalue weighted by Gasteiger charge is -2.26. The Hall–Kier alpha value is -2.97. The second-order valence-electron chi connectivity index (χ2n) is 6.88. The van der Waals surface area contributed by atoms with E-state index in [0.29, 0.717) is 12.3 Å². The number of rotatable bonds is 8. The molecule has 1 amide bonds. The monoisotopic (exact) mass is 396 g/mol. The van der Waals surface area contributed by atoms with E-state index in [2.05, 4.69) is 20.4 Å². The van der Waals surface area contributed by atoms with Crippen LogP contribution in [0, 0.1) is 0 Å². The van der Waals surface area contributed by atoms with Crippen molar-refractivity contribution in [2.75, 3.05) is 39.4 Å². The minimum absolute atomic E-state index is 0.193. The van der Waals surface area contributed by atoms with Gasteiger partial charge in [0, 0.05) is 48.9 Å². The molecule has 3 aromatic rings. The number of carbonyl (C=O) groups excluding carboxylic acids is 1. The molecule has 0 spiro atoms. The maximum Gasteiger partial charge on any atom is 0.273 e. The van der Waals surface area contributed by atoms with Crippen molar-refractivity contribution in [2.45, 2.75) is 13.0 Å². The van der Waals surface area contributed by atoms with Crippen LogP contribution < -0.4 is 10.1 Å². The third-order valence-corrected chi connectivity index (χ3v) is 4.84. The van der Waals surface area contributed by atoms with Gasteiger partial charge in [-0.2, -0.15) is 0 Å². The molecular weight excluding hydrogens is 372 g/mol. The molecule has 3 heterocycles. The lowest BCUT2D eigenvalue weighted by molar-refractivity contribution is 0.0374. The van der Waals surface area contributed by atoms with Crippen LogP contribution in [0.4, 0.5) is 0 Å². The van der Waals surface area contributed by atoms with Gasteiger partial charge in [0.25, 0.3) is 5.91 Å². The van der Waals surface area contributed by atoms with Gasteiger partial charge in [0.05, 0.1) is 13.2 Å². The molecule has 1 saturated heterocycles. The van der Waals surface area contributed by atoms with Crippen LogP contribution in [-0.2, 0) is 11.3 Å². The van der Waals surface area contributed by atoms with Crippen LogP contribution in [0.3, 0.4) is 0 Å². The van der Waals surface area contributed by atoms with Crippen molar-refractivity contribution in [3.8, 4) is 5.75 Å². The number of nitrogens with one attached hydrogen (secondary N) is 1. The minimum Gasteiger partial charge on any atom is -0.485 e. The second kappa shape index (κ2) is 9.49. The van der Waals surface area contributed by atoms with Crippen LogP contribution >= 0.6 is 0 Å². The molecule has 0 unspecified atom stereocenters. The normalized spacial score (nSPS) is 14.8. The maximum atomic E-state index is 12.2. The number of amides is 1. The van der Waals surface area contributed by atoms with Crippen LogP contribution in [0.1, 0.15) is 22.7 Å². The van der Waals surface area contributed by atoms with Crippen LogP contribution in [0.5, 0.6) is 5.75 Å². The number of aromatic nitrogens is 2. The molecule has 1 aliphatic heterocycles. The predicted molar refractivity (Wildman–Crippen MR) is 107 cm³/mol. The van der Waals surface area contributed by atoms with Crippen molar-refractivity contribution in [1.82, 2.24) is 20.4 Å². The Labute approximate surface area is 168 Å². The average Bonchev–Trinajstić information content (AvgIpc) is 3.25. The zero-order valence-corrected chi connectivity index (χ0v) is 16.2. The van der Waals surface area contributed by atoms with E-state index in [9.17, 15) is 4.79 Å². The summed E-state index contributed by atoms with van der Waals surface area (Å²) in [7, 11) is 0. The first-order valence-corrected chi connectivity index (χ1v) is 9.79. The number of hydrogen-bond donors (Lipinski definition) is 1.